The van der Waals surface area contributed by atoms with Crippen LogP contribution in [0.2, 0.25) is 0 Å². The van der Waals surface area contributed by atoms with Crippen LogP contribution in [-0.2, 0) is 6.42 Å². The van der Waals surface area contributed by atoms with Gasteiger partial charge in [-0.2, -0.15) is 5.10 Å². The molecule has 2 atom stereocenters. The fraction of sp³-hybridized carbons (Fsp3) is 0.484. The summed E-state index contributed by atoms with van der Waals surface area (Å²) in [7, 11) is 2.20. The van der Waals surface area contributed by atoms with Crippen LogP contribution in [0.4, 0.5) is 15.9 Å². The number of nitrogens with zero attached hydrogens (tertiary/aromatic N) is 6. The first-order chi connectivity index (χ1) is 18.9. The summed E-state index contributed by atoms with van der Waals surface area (Å²) in [5, 5.41) is 4.61. The van der Waals surface area contributed by atoms with Crippen LogP contribution in [0.15, 0.2) is 53.7 Å². The zero-order chi connectivity index (χ0) is 27.1. The monoisotopic (exact) mass is 529 g/mol. The Morgan fingerprint density at radius 3 is 2.49 bits per heavy atom. The highest BCUT2D eigenvalue weighted by molar-refractivity contribution is 5.94. The molecule has 7 nitrogen and oxygen atoms in total. The molecule has 2 unspecified atom stereocenters. The predicted octanol–water partition coefficient (Wildman–Crippen LogP) is 4.81. The van der Waals surface area contributed by atoms with Crippen LogP contribution in [0.3, 0.4) is 0 Å². The number of aromatic nitrogens is 2. The number of hydrogen-bond acceptors (Lipinski definition) is 6. The molecule has 2 N–H and O–H groups in total. The Labute approximate surface area is 231 Å². The minimum Gasteiger partial charge on any atom is -0.371 e. The summed E-state index contributed by atoms with van der Waals surface area (Å²) in [5.74, 6) is 0.295. The standard InChI is InChI=1S/C31H40FN7/c1-4-22-6-5-7-23(18-22)29-21(2)35-31-27(20-34-39(31)30(29)33)26-19-25(8-9-28(26)32)37-12-10-24(11-13-37)38-16-14-36(3)15-17-38/h5-9,18-20,24,29-30H,4,10-17,33H2,1-3H3. The third kappa shape index (κ3) is 5.01. The van der Waals surface area contributed by atoms with Crippen LogP contribution in [0.25, 0.3) is 11.1 Å². The fourth-order valence-electron chi connectivity index (χ4n) is 6.54. The second-order valence-corrected chi connectivity index (χ2v) is 11.4. The highest BCUT2D eigenvalue weighted by atomic mass is 19.1. The SMILES string of the molecule is CCc1cccc(C2C(C)=Nc3c(-c4cc(N5CCC(N6CCN(C)CC6)CC5)ccc4F)cnn3C2N)c1. The lowest BCUT2D eigenvalue weighted by Crippen LogP contribution is -2.52. The number of fused-ring (bicyclic) bond motifs is 1. The van der Waals surface area contributed by atoms with Crippen molar-refractivity contribution in [2.24, 2.45) is 10.7 Å². The van der Waals surface area contributed by atoms with Crippen LogP contribution in [0.1, 0.15) is 49.9 Å². The van der Waals surface area contributed by atoms with E-state index in [1.807, 2.05) is 19.1 Å². The number of nitrogens with two attached hydrogens (primary N) is 1. The number of likely N-dealkylation sites (N-methyl/N-ethyl adjacent to an activating group) is 1. The van der Waals surface area contributed by atoms with Crippen LogP contribution >= 0.6 is 0 Å². The lowest BCUT2D eigenvalue weighted by molar-refractivity contribution is 0.0982. The molecule has 0 saturated carbocycles. The number of benzene rings is 2. The highest BCUT2D eigenvalue weighted by Gasteiger charge is 2.33. The summed E-state index contributed by atoms with van der Waals surface area (Å²) in [5.41, 5.74) is 12.4. The van der Waals surface area contributed by atoms with Gasteiger partial charge in [-0.25, -0.2) is 14.1 Å². The topological polar surface area (TPSA) is 65.9 Å². The number of hydrogen-bond donors (Lipinski definition) is 1. The molecule has 206 valence electrons. The lowest BCUT2D eigenvalue weighted by Gasteiger charge is -2.42. The van der Waals surface area contributed by atoms with Gasteiger partial charge >= 0.3 is 0 Å². The minimum atomic E-state index is -0.404. The van der Waals surface area contributed by atoms with Crippen molar-refractivity contribution >= 4 is 17.2 Å². The van der Waals surface area contributed by atoms with Crippen molar-refractivity contribution in [1.29, 1.82) is 0 Å². The smallest absolute Gasteiger partial charge is 0.159 e. The van der Waals surface area contributed by atoms with E-state index in [4.69, 9.17) is 10.7 Å². The predicted molar refractivity (Wildman–Crippen MR) is 156 cm³/mol. The Bertz CT molecular complexity index is 1350. The molecule has 39 heavy (non-hydrogen) atoms. The van der Waals surface area contributed by atoms with Crippen molar-refractivity contribution in [3.05, 3.63) is 65.6 Å². The zero-order valence-electron chi connectivity index (χ0n) is 23.4. The van der Waals surface area contributed by atoms with Crippen LogP contribution in [-0.4, -0.2) is 77.7 Å². The third-order valence-corrected chi connectivity index (χ3v) is 8.97. The molecule has 4 heterocycles. The molecule has 0 radical (unpaired) electrons. The van der Waals surface area contributed by atoms with E-state index in [-0.39, 0.29) is 11.7 Å². The Morgan fingerprint density at radius 2 is 1.74 bits per heavy atom. The van der Waals surface area contributed by atoms with Crippen molar-refractivity contribution in [3.8, 4) is 11.1 Å². The number of aliphatic imine (C=N–C) groups is 1. The summed E-state index contributed by atoms with van der Waals surface area (Å²) in [6, 6.07) is 14.6. The summed E-state index contributed by atoms with van der Waals surface area (Å²) in [6.07, 6.45) is 4.56. The number of aryl methyl sites for hydroxylation is 1. The van der Waals surface area contributed by atoms with Gasteiger partial charge in [0.15, 0.2) is 5.82 Å². The van der Waals surface area contributed by atoms with E-state index in [1.165, 1.54) is 5.56 Å². The second-order valence-electron chi connectivity index (χ2n) is 11.4. The second kappa shape index (κ2) is 10.8. The van der Waals surface area contributed by atoms with Gasteiger partial charge in [0.1, 0.15) is 12.0 Å². The molecule has 0 aliphatic carbocycles. The average molecular weight is 530 g/mol. The van der Waals surface area contributed by atoms with Gasteiger partial charge in [0.25, 0.3) is 0 Å². The minimum absolute atomic E-state index is 0.0745. The van der Waals surface area contributed by atoms with Gasteiger partial charge in [0.2, 0.25) is 0 Å². The maximum Gasteiger partial charge on any atom is 0.159 e. The number of rotatable bonds is 5. The van der Waals surface area contributed by atoms with Gasteiger partial charge in [-0.3, -0.25) is 4.90 Å². The van der Waals surface area contributed by atoms with Crippen molar-refractivity contribution in [2.75, 3.05) is 51.2 Å². The summed E-state index contributed by atoms with van der Waals surface area (Å²) < 4.78 is 17.0. The Hall–Kier alpha value is -3.07. The fourth-order valence-corrected chi connectivity index (χ4v) is 6.54. The molecule has 0 bridgehead atoms. The van der Waals surface area contributed by atoms with E-state index in [0.29, 0.717) is 23.0 Å². The first-order valence-electron chi connectivity index (χ1n) is 14.4. The molecule has 8 heteroatoms. The summed E-state index contributed by atoms with van der Waals surface area (Å²) in [4.78, 5) is 12.4. The van der Waals surface area contributed by atoms with Crippen molar-refractivity contribution in [1.82, 2.24) is 19.6 Å². The van der Waals surface area contributed by atoms with Crippen molar-refractivity contribution < 1.29 is 4.39 Å². The van der Waals surface area contributed by atoms with Gasteiger partial charge in [-0.05, 0) is 62.6 Å². The first kappa shape index (κ1) is 26.2. The average Bonchev–Trinajstić information content (AvgIpc) is 3.38. The van der Waals surface area contributed by atoms with E-state index in [9.17, 15) is 0 Å². The Kier molecular flexibility index (Phi) is 7.27. The molecule has 6 rings (SSSR count). The summed E-state index contributed by atoms with van der Waals surface area (Å²) >= 11 is 0. The van der Waals surface area contributed by atoms with Crippen molar-refractivity contribution in [2.45, 2.75) is 51.2 Å². The molecule has 2 aromatic carbocycles. The number of anilines is 1. The van der Waals surface area contributed by atoms with Gasteiger partial charge in [-0.1, -0.05) is 31.2 Å². The van der Waals surface area contributed by atoms with Gasteiger partial charge in [-0.15, -0.1) is 0 Å². The third-order valence-electron chi connectivity index (χ3n) is 8.97. The quantitative estimate of drug-likeness (QED) is 0.514. The Morgan fingerprint density at radius 1 is 0.974 bits per heavy atom. The molecule has 3 aromatic rings. The van der Waals surface area contributed by atoms with Crippen LogP contribution in [0, 0.1) is 5.82 Å². The Balaban J connectivity index is 1.23. The molecule has 3 aliphatic heterocycles. The molecule has 1 aromatic heterocycles. The van der Waals surface area contributed by atoms with Crippen molar-refractivity contribution in [3.63, 3.8) is 0 Å². The molecule has 3 aliphatic rings. The van der Waals surface area contributed by atoms with Gasteiger partial charge < -0.3 is 15.5 Å². The molecule has 0 amide bonds. The summed E-state index contributed by atoms with van der Waals surface area (Å²) in [6.45, 7) is 10.7. The highest BCUT2D eigenvalue weighted by Crippen LogP contribution is 2.42. The van der Waals surface area contributed by atoms with E-state index >= 15 is 4.39 Å². The van der Waals surface area contributed by atoms with E-state index < -0.39 is 6.17 Å². The van der Waals surface area contributed by atoms with Gasteiger partial charge in [0.05, 0.1) is 12.1 Å². The lowest BCUT2D eigenvalue weighted by atomic mass is 9.89. The number of piperidine rings is 1. The van der Waals surface area contributed by atoms with E-state index in [0.717, 1.165) is 75.5 Å². The van der Waals surface area contributed by atoms with E-state index in [1.54, 1.807) is 16.9 Å². The number of halogens is 1. The van der Waals surface area contributed by atoms with Crippen LogP contribution in [0.5, 0.6) is 0 Å². The van der Waals surface area contributed by atoms with E-state index in [2.05, 4.69) is 58.0 Å². The molecule has 2 fully saturated rings. The normalized spacial score (nSPS) is 23.1. The van der Waals surface area contributed by atoms with Gasteiger partial charge in [0, 0.05) is 67.8 Å². The molecular weight excluding hydrogens is 489 g/mol. The van der Waals surface area contributed by atoms with Crippen LogP contribution < -0.4 is 10.6 Å². The largest absolute Gasteiger partial charge is 0.371 e. The maximum absolute atomic E-state index is 15.3. The molecular formula is C31H40FN7. The molecule has 2 saturated heterocycles. The molecule has 0 spiro atoms. The number of piperazine rings is 1. The maximum atomic E-state index is 15.3. The zero-order valence-corrected chi connectivity index (χ0v) is 23.4. The first-order valence-corrected chi connectivity index (χ1v) is 14.4.